The quantitative estimate of drug-likeness (QED) is 0.511. The Morgan fingerprint density at radius 1 is 0.708 bits per heavy atom. The van der Waals surface area contributed by atoms with Crippen LogP contribution in [0.3, 0.4) is 0 Å². The molecule has 0 aromatic heterocycles. The van der Waals surface area contributed by atoms with Gasteiger partial charge in [0, 0.05) is 0 Å². The molecule has 4 heteroatoms. The van der Waals surface area contributed by atoms with Crippen molar-refractivity contribution in [2.75, 3.05) is 0 Å². The Balaban J connectivity index is 0.00000104. The number of fused-ring (bicyclic) bond motifs is 2. The molecule has 24 heavy (non-hydrogen) atoms. The van der Waals surface area contributed by atoms with Crippen molar-refractivity contribution in [2.24, 2.45) is 0 Å². The Bertz CT molecular complexity index is 825. The van der Waals surface area contributed by atoms with Gasteiger partial charge in [0.1, 0.15) is 0 Å². The van der Waals surface area contributed by atoms with Crippen molar-refractivity contribution in [3.8, 4) is 0 Å². The van der Waals surface area contributed by atoms with E-state index in [-0.39, 0.29) is 24.8 Å². The fourth-order valence-electron chi connectivity index (χ4n) is 4.35. The van der Waals surface area contributed by atoms with E-state index in [0.717, 1.165) is 0 Å². The van der Waals surface area contributed by atoms with Gasteiger partial charge in [0.15, 0.2) is 0 Å². The molecule has 0 saturated heterocycles. The summed E-state index contributed by atoms with van der Waals surface area (Å²) in [6.45, 7) is 2.37. The van der Waals surface area contributed by atoms with Crippen LogP contribution in [0.25, 0.3) is 12.2 Å². The van der Waals surface area contributed by atoms with Crippen LogP contribution < -0.4 is 0 Å². The molecule has 2 aliphatic rings. The maximum atomic E-state index is 2.65. The van der Waals surface area contributed by atoms with E-state index >= 15 is 0 Å². The minimum absolute atomic E-state index is 0. The summed E-state index contributed by atoms with van der Waals surface area (Å²) in [5.74, 6) is 0. The van der Waals surface area contributed by atoms with E-state index < -0.39 is 17.4 Å². The number of halogens is 2. The third-order valence-corrected chi connectivity index (χ3v) is 23.4. The van der Waals surface area contributed by atoms with Gasteiger partial charge in [-0.15, -0.1) is 24.8 Å². The van der Waals surface area contributed by atoms with Gasteiger partial charge in [-0.2, -0.15) is 0 Å². The molecule has 0 aliphatic heterocycles. The summed E-state index contributed by atoms with van der Waals surface area (Å²) >= 11 is -3.02. The van der Waals surface area contributed by atoms with Crippen molar-refractivity contribution < 1.29 is 17.4 Å². The van der Waals surface area contributed by atoms with E-state index in [0.29, 0.717) is 7.25 Å². The molecule has 2 atom stereocenters. The second-order valence-corrected chi connectivity index (χ2v) is 38.6. The van der Waals surface area contributed by atoms with Gasteiger partial charge in [0.05, 0.1) is 0 Å². The first-order chi connectivity index (χ1) is 10.5. The summed E-state index contributed by atoms with van der Waals surface area (Å²) in [5.41, 5.74) is 5.98. The standard InChI is InChI=1S/2C9H7.2CH3.2ClH.H2Si.Zr/c2*1-2-5-9-7-3-6-8(9)4-1;;;;;;/h2*1-7H;2*1H3;2*1H;1H2;. The molecule has 2 aromatic rings. The maximum absolute atomic E-state index is 3.02. The Labute approximate surface area is 159 Å². The molecule has 4 rings (SSSR count). The van der Waals surface area contributed by atoms with Gasteiger partial charge in [0.2, 0.25) is 0 Å². The zero-order valence-corrected chi connectivity index (χ0v) is 19.6. The number of hydrogen-bond donors (Lipinski definition) is 0. The molecule has 0 N–H and O–H groups in total. The first-order valence-electron chi connectivity index (χ1n) is 8.07. The molecule has 0 fully saturated rings. The molecule has 2 aliphatic carbocycles. The second kappa shape index (κ2) is 6.72. The fraction of sp³-hybridized carbons (Fsp3) is 0.200. The van der Waals surface area contributed by atoms with Crippen LogP contribution in [0.1, 0.15) is 29.5 Å². The van der Waals surface area contributed by atoms with Crippen molar-refractivity contribution in [3.63, 3.8) is 0 Å². The number of benzene rings is 2. The van der Waals surface area contributed by atoms with Gasteiger partial charge in [-0.05, 0) is 0 Å². The van der Waals surface area contributed by atoms with E-state index in [1.807, 2.05) is 0 Å². The molecule has 0 bridgehead atoms. The van der Waals surface area contributed by atoms with Gasteiger partial charge in [-0.3, -0.25) is 0 Å². The van der Waals surface area contributed by atoms with Crippen molar-refractivity contribution >= 4 is 43.8 Å². The summed E-state index contributed by atoms with van der Waals surface area (Å²) in [5, 5.41) is 0. The average Bonchev–Trinajstić information content (AvgIpc) is 3.12. The van der Waals surface area contributed by atoms with Gasteiger partial charge in [0.25, 0.3) is 0 Å². The predicted molar refractivity (Wildman–Crippen MR) is 111 cm³/mol. The summed E-state index contributed by atoms with van der Waals surface area (Å²) in [4.78, 5) is 0. The summed E-state index contributed by atoms with van der Waals surface area (Å²) in [7, 11) is 0. The van der Waals surface area contributed by atoms with Crippen LogP contribution in [0, 0.1) is 0 Å². The van der Waals surface area contributed by atoms with E-state index in [1.54, 1.807) is 11.1 Å². The Hall–Kier alpha value is -0.400. The molecule has 0 nitrogen and oxygen atoms in total. The van der Waals surface area contributed by atoms with Crippen LogP contribution >= 0.6 is 24.8 Å². The molecule has 0 amide bonds. The molecular formula is C20H24Cl2SiZr. The normalized spacial score (nSPS) is 20.8. The zero-order chi connectivity index (χ0) is 15.4. The second-order valence-electron chi connectivity index (χ2n) is 7.87. The van der Waals surface area contributed by atoms with E-state index in [9.17, 15) is 0 Å². The number of allylic oxidation sites excluding steroid dienone is 2. The SMILES string of the molecule is Cl.Cl.[CH3][Zr]([CH3])(=[SiH2])([CH]1C=Cc2ccccc21)[CH]1C=Cc2ccccc21. The van der Waals surface area contributed by atoms with Crippen LogP contribution in [0.4, 0.5) is 0 Å². The molecule has 0 saturated carbocycles. The fourth-order valence-corrected chi connectivity index (χ4v) is 19.4. The molecule has 0 radical (unpaired) electrons. The van der Waals surface area contributed by atoms with Crippen molar-refractivity contribution in [1.29, 1.82) is 0 Å². The molecular weight excluding hydrogens is 430 g/mol. The minimum atomic E-state index is -3.02. The third-order valence-electron chi connectivity index (χ3n) is 5.64. The van der Waals surface area contributed by atoms with Crippen LogP contribution in [0.15, 0.2) is 60.7 Å². The van der Waals surface area contributed by atoms with E-state index in [1.165, 1.54) is 11.1 Å². The molecule has 0 spiro atoms. The van der Waals surface area contributed by atoms with Crippen molar-refractivity contribution in [2.45, 2.75) is 16.5 Å². The van der Waals surface area contributed by atoms with Crippen LogP contribution in [-0.4, -0.2) is 6.88 Å². The van der Waals surface area contributed by atoms with Crippen molar-refractivity contribution in [1.82, 2.24) is 0 Å². The average molecular weight is 455 g/mol. The Morgan fingerprint density at radius 3 is 1.50 bits per heavy atom. The van der Waals surface area contributed by atoms with Gasteiger partial charge in [-0.1, -0.05) is 0 Å². The van der Waals surface area contributed by atoms with Crippen LogP contribution in [-0.2, 0) is 17.4 Å². The third kappa shape index (κ3) is 2.97. The Kier molecular flexibility index (Phi) is 5.58. The molecule has 0 heterocycles. The van der Waals surface area contributed by atoms with E-state index in [4.69, 9.17) is 0 Å². The monoisotopic (exact) mass is 452 g/mol. The first kappa shape index (κ1) is 19.9. The topological polar surface area (TPSA) is 0 Å². The summed E-state index contributed by atoms with van der Waals surface area (Å²) in [6.07, 6.45) is 9.69. The van der Waals surface area contributed by atoms with Crippen LogP contribution in [0.5, 0.6) is 0 Å². The number of rotatable bonds is 2. The first-order valence-corrected chi connectivity index (χ1v) is 21.7. The zero-order valence-electron chi connectivity index (χ0n) is 14.1. The van der Waals surface area contributed by atoms with E-state index in [2.05, 4.69) is 89.0 Å². The van der Waals surface area contributed by atoms with Crippen molar-refractivity contribution in [3.05, 3.63) is 82.9 Å². The molecule has 126 valence electrons. The summed E-state index contributed by atoms with van der Waals surface area (Å²) in [6, 6.07) is 17.9. The number of hydrogen-bond acceptors (Lipinski definition) is 0. The van der Waals surface area contributed by atoms with Gasteiger partial charge < -0.3 is 0 Å². The summed E-state index contributed by atoms with van der Waals surface area (Å²) < 4.78 is 6.59. The van der Waals surface area contributed by atoms with Crippen LogP contribution in [0.2, 0.25) is 9.26 Å². The van der Waals surface area contributed by atoms with Gasteiger partial charge in [-0.25, -0.2) is 0 Å². The molecule has 2 unspecified atom stereocenters. The Morgan fingerprint density at radius 2 is 1.08 bits per heavy atom. The molecule has 2 aromatic carbocycles. The predicted octanol–water partition coefficient (Wildman–Crippen LogP) is 5.70. The van der Waals surface area contributed by atoms with Gasteiger partial charge >= 0.3 is 136 Å².